The van der Waals surface area contributed by atoms with E-state index in [0.717, 1.165) is 6.54 Å². The third-order valence-corrected chi connectivity index (χ3v) is 5.84. The average Bonchev–Trinajstić information content (AvgIpc) is 2.83. The SMILES string of the molecule is COc1ccc(C(=O)Nc2ccc3c(c2)OC[C@H](C)NC[C@@H](C)[C@H](OC)CN(C)C3=O)cc1. The van der Waals surface area contributed by atoms with E-state index in [9.17, 15) is 9.59 Å². The smallest absolute Gasteiger partial charge is 0.257 e. The second-order valence-corrected chi connectivity index (χ2v) is 8.45. The molecule has 1 heterocycles. The zero-order valence-electron chi connectivity index (χ0n) is 19.9. The molecule has 2 N–H and O–H groups in total. The molecule has 1 aliphatic heterocycles. The standard InChI is InChI=1S/C25H33N3O5/c1-16-13-26-17(2)15-33-22-12-19(27-24(29)18-6-9-20(31-4)10-7-18)8-11-21(22)25(30)28(3)14-23(16)32-5/h6-12,16-17,23,26H,13-15H2,1-5H3,(H,27,29)/t16-,17+,23-/m1/s1. The van der Waals surface area contributed by atoms with Gasteiger partial charge in [-0.3, -0.25) is 9.59 Å². The molecule has 2 amide bonds. The summed E-state index contributed by atoms with van der Waals surface area (Å²) < 4.78 is 16.8. The van der Waals surface area contributed by atoms with Crippen molar-refractivity contribution in [1.29, 1.82) is 0 Å². The number of hydrogen-bond donors (Lipinski definition) is 2. The lowest BCUT2D eigenvalue weighted by Gasteiger charge is -2.30. The van der Waals surface area contributed by atoms with E-state index < -0.39 is 0 Å². The second kappa shape index (κ2) is 11.2. The largest absolute Gasteiger partial charge is 0.497 e. The third kappa shape index (κ3) is 6.24. The molecule has 0 unspecified atom stereocenters. The topological polar surface area (TPSA) is 89.1 Å². The number of likely N-dealkylation sites (N-methyl/N-ethyl adjacent to an activating group) is 1. The molecular formula is C25H33N3O5. The molecule has 1 aliphatic rings. The minimum Gasteiger partial charge on any atom is -0.497 e. The van der Waals surface area contributed by atoms with Gasteiger partial charge in [-0.1, -0.05) is 6.92 Å². The van der Waals surface area contributed by atoms with Crippen LogP contribution in [0.25, 0.3) is 0 Å². The quantitative estimate of drug-likeness (QED) is 0.737. The first kappa shape index (κ1) is 24.5. The first-order valence-corrected chi connectivity index (χ1v) is 11.1. The van der Waals surface area contributed by atoms with Gasteiger partial charge >= 0.3 is 0 Å². The lowest BCUT2D eigenvalue weighted by atomic mass is 10.0. The highest BCUT2D eigenvalue weighted by Gasteiger charge is 2.25. The van der Waals surface area contributed by atoms with Gasteiger partial charge in [0.15, 0.2) is 0 Å². The highest BCUT2D eigenvalue weighted by molar-refractivity contribution is 6.05. The van der Waals surface area contributed by atoms with Gasteiger partial charge < -0.3 is 29.7 Å². The maximum atomic E-state index is 13.2. The number of methoxy groups -OCH3 is 2. The van der Waals surface area contributed by atoms with Crippen LogP contribution in [-0.2, 0) is 4.74 Å². The predicted molar refractivity (Wildman–Crippen MR) is 127 cm³/mol. The molecule has 8 nitrogen and oxygen atoms in total. The molecule has 2 aromatic carbocycles. The summed E-state index contributed by atoms with van der Waals surface area (Å²) in [6.45, 7) is 5.72. The monoisotopic (exact) mass is 455 g/mol. The van der Waals surface area contributed by atoms with E-state index >= 15 is 0 Å². The number of hydrogen-bond acceptors (Lipinski definition) is 6. The number of anilines is 1. The van der Waals surface area contributed by atoms with Gasteiger partial charge in [-0.25, -0.2) is 0 Å². The summed E-state index contributed by atoms with van der Waals surface area (Å²) >= 11 is 0. The number of benzene rings is 2. The number of amides is 2. The van der Waals surface area contributed by atoms with Crippen LogP contribution < -0.4 is 20.1 Å². The normalized spacial score (nSPS) is 21.8. The molecule has 0 bridgehead atoms. The Bertz CT molecular complexity index is 963. The van der Waals surface area contributed by atoms with Crippen molar-refractivity contribution in [1.82, 2.24) is 10.2 Å². The van der Waals surface area contributed by atoms with Crippen molar-refractivity contribution < 1.29 is 23.8 Å². The summed E-state index contributed by atoms with van der Waals surface area (Å²) in [5.41, 5.74) is 1.48. The Kier molecular flexibility index (Phi) is 8.30. The van der Waals surface area contributed by atoms with E-state index in [1.54, 1.807) is 68.6 Å². The number of nitrogens with zero attached hydrogens (tertiary/aromatic N) is 1. The van der Waals surface area contributed by atoms with Crippen LogP contribution in [0.4, 0.5) is 5.69 Å². The Morgan fingerprint density at radius 2 is 1.88 bits per heavy atom. The maximum absolute atomic E-state index is 13.2. The number of carbonyl (C=O) groups excluding carboxylic acids is 2. The van der Waals surface area contributed by atoms with E-state index in [0.29, 0.717) is 41.5 Å². The van der Waals surface area contributed by atoms with Crippen LogP contribution >= 0.6 is 0 Å². The summed E-state index contributed by atoms with van der Waals surface area (Å²) in [4.78, 5) is 27.5. The van der Waals surface area contributed by atoms with Crippen LogP contribution in [0.15, 0.2) is 42.5 Å². The number of ether oxygens (including phenoxy) is 3. The molecule has 0 spiro atoms. The Labute approximate surface area is 195 Å². The Hall–Kier alpha value is -3.10. The minimum absolute atomic E-state index is 0.0719. The number of carbonyl (C=O) groups is 2. The van der Waals surface area contributed by atoms with Gasteiger partial charge in [-0.15, -0.1) is 0 Å². The van der Waals surface area contributed by atoms with Crippen LogP contribution in [0.1, 0.15) is 34.6 Å². The summed E-state index contributed by atoms with van der Waals surface area (Å²) in [5.74, 6) is 0.905. The molecule has 178 valence electrons. The molecule has 0 saturated carbocycles. The van der Waals surface area contributed by atoms with E-state index in [1.165, 1.54) is 0 Å². The van der Waals surface area contributed by atoms with Crippen LogP contribution in [-0.4, -0.2) is 69.8 Å². The lowest BCUT2D eigenvalue weighted by Crippen LogP contribution is -2.44. The van der Waals surface area contributed by atoms with Crippen molar-refractivity contribution in [2.45, 2.75) is 26.0 Å². The Balaban J connectivity index is 1.84. The molecule has 0 radical (unpaired) electrons. The van der Waals surface area contributed by atoms with E-state index in [1.807, 2.05) is 6.92 Å². The molecular weight excluding hydrogens is 422 g/mol. The van der Waals surface area contributed by atoms with Gasteiger partial charge in [0.05, 0.1) is 18.8 Å². The fourth-order valence-electron chi connectivity index (χ4n) is 3.68. The number of nitrogens with one attached hydrogen (secondary N) is 2. The zero-order valence-corrected chi connectivity index (χ0v) is 19.9. The minimum atomic E-state index is -0.263. The molecule has 0 aromatic heterocycles. The van der Waals surface area contributed by atoms with Gasteiger partial charge in [-0.05, 0) is 49.2 Å². The molecule has 33 heavy (non-hydrogen) atoms. The average molecular weight is 456 g/mol. The molecule has 2 aromatic rings. The van der Waals surface area contributed by atoms with E-state index in [-0.39, 0.29) is 29.9 Å². The van der Waals surface area contributed by atoms with Crippen LogP contribution in [0.3, 0.4) is 0 Å². The van der Waals surface area contributed by atoms with Gasteiger partial charge in [0, 0.05) is 50.6 Å². The van der Waals surface area contributed by atoms with Crippen molar-refractivity contribution >= 4 is 17.5 Å². The first-order valence-electron chi connectivity index (χ1n) is 11.1. The zero-order chi connectivity index (χ0) is 24.0. The van der Waals surface area contributed by atoms with E-state index in [4.69, 9.17) is 14.2 Å². The summed E-state index contributed by atoms with van der Waals surface area (Å²) in [6.07, 6.45) is -0.0921. The molecule has 0 fully saturated rings. The van der Waals surface area contributed by atoms with Gasteiger partial charge in [0.2, 0.25) is 0 Å². The van der Waals surface area contributed by atoms with Crippen LogP contribution in [0.2, 0.25) is 0 Å². The van der Waals surface area contributed by atoms with Crippen molar-refractivity contribution in [2.24, 2.45) is 5.92 Å². The van der Waals surface area contributed by atoms with Gasteiger partial charge in [0.25, 0.3) is 11.8 Å². The summed E-state index contributed by atoms with van der Waals surface area (Å²) in [5, 5.41) is 6.33. The van der Waals surface area contributed by atoms with Crippen molar-refractivity contribution in [2.75, 3.05) is 46.3 Å². The van der Waals surface area contributed by atoms with Crippen molar-refractivity contribution in [3.8, 4) is 11.5 Å². The molecule has 0 saturated heterocycles. The van der Waals surface area contributed by atoms with Crippen molar-refractivity contribution in [3.63, 3.8) is 0 Å². The highest BCUT2D eigenvalue weighted by atomic mass is 16.5. The molecule has 3 atom stereocenters. The van der Waals surface area contributed by atoms with E-state index in [2.05, 4.69) is 17.6 Å². The van der Waals surface area contributed by atoms with Gasteiger partial charge in [0.1, 0.15) is 18.1 Å². The molecule has 0 aliphatic carbocycles. The lowest BCUT2D eigenvalue weighted by molar-refractivity contribution is 0.0281. The predicted octanol–water partition coefficient (Wildman–Crippen LogP) is 3.04. The van der Waals surface area contributed by atoms with Gasteiger partial charge in [-0.2, -0.15) is 0 Å². The summed E-state index contributed by atoms with van der Waals surface area (Å²) in [7, 11) is 5.00. The summed E-state index contributed by atoms with van der Waals surface area (Å²) in [6, 6.07) is 12.0. The van der Waals surface area contributed by atoms with Crippen molar-refractivity contribution in [3.05, 3.63) is 53.6 Å². The second-order valence-electron chi connectivity index (χ2n) is 8.45. The fraction of sp³-hybridized carbons (Fsp3) is 0.440. The number of rotatable bonds is 4. The highest BCUT2D eigenvalue weighted by Crippen LogP contribution is 2.26. The molecule has 3 rings (SSSR count). The Morgan fingerprint density at radius 1 is 1.15 bits per heavy atom. The third-order valence-electron chi connectivity index (χ3n) is 5.84. The van der Waals surface area contributed by atoms with Crippen LogP contribution in [0, 0.1) is 5.92 Å². The fourth-order valence-corrected chi connectivity index (χ4v) is 3.68. The first-order chi connectivity index (χ1) is 15.8. The molecule has 8 heteroatoms. The van der Waals surface area contributed by atoms with Crippen LogP contribution in [0.5, 0.6) is 11.5 Å². The maximum Gasteiger partial charge on any atom is 0.257 e. The number of fused-ring (bicyclic) bond motifs is 1. The Morgan fingerprint density at radius 3 is 2.55 bits per heavy atom.